The third-order valence-corrected chi connectivity index (χ3v) is 3.85. The molecule has 0 aliphatic rings. The van der Waals surface area contributed by atoms with E-state index in [-0.39, 0.29) is 16.9 Å². The van der Waals surface area contributed by atoms with Gasteiger partial charge in [-0.1, -0.05) is 19.9 Å². The number of ether oxygens (including phenoxy) is 1. The zero-order valence-electron chi connectivity index (χ0n) is 16.2. The van der Waals surface area contributed by atoms with E-state index in [2.05, 4.69) is 29.8 Å². The van der Waals surface area contributed by atoms with Gasteiger partial charge in [0.15, 0.2) is 5.11 Å². The van der Waals surface area contributed by atoms with Gasteiger partial charge in [-0.2, -0.15) is 0 Å². The number of thiocarbonyl (C=S) groups is 1. The van der Waals surface area contributed by atoms with Gasteiger partial charge in [0.25, 0.3) is 11.8 Å². The summed E-state index contributed by atoms with van der Waals surface area (Å²) in [6.07, 6.45) is 0. The Morgan fingerprint density at radius 2 is 1.75 bits per heavy atom. The molecule has 2 amide bonds. The molecule has 0 unspecified atom stereocenters. The predicted octanol–water partition coefficient (Wildman–Crippen LogP) is 3.60. The minimum atomic E-state index is -0.327. The summed E-state index contributed by atoms with van der Waals surface area (Å²) in [4.78, 5) is 24.2. The molecule has 7 heteroatoms. The minimum Gasteiger partial charge on any atom is -0.493 e. The minimum absolute atomic E-state index is 0.135. The van der Waals surface area contributed by atoms with Crippen molar-refractivity contribution >= 4 is 34.8 Å². The number of nitrogens with one attached hydrogen (secondary N) is 3. The summed E-state index contributed by atoms with van der Waals surface area (Å²) in [5, 5.41) is 8.48. The number of amides is 2. The maximum absolute atomic E-state index is 12.4. The monoisotopic (exact) mass is 399 g/mol. The van der Waals surface area contributed by atoms with Crippen molar-refractivity contribution in [1.82, 2.24) is 10.6 Å². The molecule has 0 aromatic heterocycles. The van der Waals surface area contributed by atoms with Crippen LogP contribution < -0.4 is 20.7 Å². The Hall–Kier alpha value is -2.93. The smallest absolute Gasteiger partial charge is 0.257 e. The number of carbonyl (C=O) groups excluding carboxylic acids is 2. The number of anilines is 1. The lowest BCUT2D eigenvalue weighted by atomic mass is 10.2. The number of benzene rings is 2. The molecule has 0 bridgehead atoms. The van der Waals surface area contributed by atoms with Gasteiger partial charge in [-0.05, 0) is 67.5 Å². The van der Waals surface area contributed by atoms with Gasteiger partial charge >= 0.3 is 0 Å². The van der Waals surface area contributed by atoms with Crippen LogP contribution in [0, 0.1) is 5.92 Å². The molecule has 0 aliphatic carbocycles. The van der Waals surface area contributed by atoms with Crippen LogP contribution in [0.25, 0.3) is 0 Å². The summed E-state index contributed by atoms with van der Waals surface area (Å²) < 4.78 is 5.65. The fourth-order valence-corrected chi connectivity index (χ4v) is 2.51. The molecule has 2 aromatic rings. The van der Waals surface area contributed by atoms with Crippen LogP contribution in [0.3, 0.4) is 0 Å². The molecule has 0 spiro atoms. The summed E-state index contributed by atoms with van der Waals surface area (Å²) in [7, 11) is 0. The first kappa shape index (κ1) is 21.4. The second-order valence-corrected chi connectivity index (χ2v) is 6.99. The van der Waals surface area contributed by atoms with Crippen LogP contribution in [0.5, 0.6) is 5.75 Å². The van der Waals surface area contributed by atoms with Crippen LogP contribution in [0.15, 0.2) is 48.5 Å². The van der Waals surface area contributed by atoms with Crippen LogP contribution in [0.4, 0.5) is 5.69 Å². The second-order valence-electron chi connectivity index (χ2n) is 6.58. The van der Waals surface area contributed by atoms with E-state index >= 15 is 0 Å². The quantitative estimate of drug-likeness (QED) is 0.620. The first-order chi connectivity index (χ1) is 13.4. The summed E-state index contributed by atoms with van der Waals surface area (Å²) in [5.41, 5.74) is 1.69. The van der Waals surface area contributed by atoms with E-state index in [0.717, 1.165) is 0 Å². The van der Waals surface area contributed by atoms with Gasteiger partial charge in [-0.25, -0.2) is 0 Å². The molecule has 0 saturated heterocycles. The molecule has 0 aliphatic heterocycles. The zero-order valence-corrected chi connectivity index (χ0v) is 17.1. The van der Waals surface area contributed by atoms with Crippen LogP contribution in [-0.4, -0.2) is 30.1 Å². The number of hydrogen-bond donors (Lipinski definition) is 3. The van der Waals surface area contributed by atoms with Crippen molar-refractivity contribution in [3.05, 3.63) is 59.7 Å². The van der Waals surface area contributed by atoms with Crippen LogP contribution in [0.2, 0.25) is 0 Å². The molecule has 3 N–H and O–H groups in total. The highest BCUT2D eigenvalue weighted by atomic mass is 32.1. The fraction of sp³-hybridized carbons (Fsp3) is 0.286. The molecule has 148 valence electrons. The molecule has 0 saturated carbocycles. The molecule has 0 radical (unpaired) electrons. The highest BCUT2D eigenvalue weighted by Gasteiger charge is 2.10. The topological polar surface area (TPSA) is 79.5 Å². The van der Waals surface area contributed by atoms with Crippen molar-refractivity contribution in [1.29, 1.82) is 0 Å². The molecule has 2 rings (SSSR count). The Bertz CT molecular complexity index is 835. The van der Waals surface area contributed by atoms with Gasteiger partial charge in [0, 0.05) is 23.4 Å². The second kappa shape index (κ2) is 10.4. The van der Waals surface area contributed by atoms with Crippen molar-refractivity contribution in [3.63, 3.8) is 0 Å². The molecule has 0 heterocycles. The number of rotatable bonds is 7. The van der Waals surface area contributed by atoms with E-state index in [9.17, 15) is 9.59 Å². The summed E-state index contributed by atoms with van der Waals surface area (Å²) >= 11 is 5.20. The van der Waals surface area contributed by atoms with E-state index < -0.39 is 0 Å². The van der Waals surface area contributed by atoms with Crippen molar-refractivity contribution in [2.24, 2.45) is 5.92 Å². The first-order valence-corrected chi connectivity index (χ1v) is 9.53. The van der Waals surface area contributed by atoms with E-state index in [1.807, 2.05) is 13.0 Å². The van der Waals surface area contributed by atoms with Crippen molar-refractivity contribution in [3.8, 4) is 5.75 Å². The zero-order chi connectivity index (χ0) is 20.5. The summed E-state index contributed by atoms with van der Waals surface area (Å²) in [6.45, 7) is 7.13. The molecule has 0 fully saturated rings. The Morgan fingerprint density at radius 1 is 1.04 bits per heavy atom. The highest BCUT2D eigenvalue weighted by Crippen LogP contribution is 2.15. The molecule has 28 heavy (non-hydrogen) atoms. The first-order valence-electron chi connectivity index (χ1n) is 9.12. The van der Waals surface area contributed by atoms with Crippen molar-refractivity contribution < 1.29 is 14.3 Å². The lowest BCUT2D eigenvalue weighted by Crippen LogP contribution is -2.34. The third kappa shape index (κ3) is 6.66. The standard InChI is InChI=1S/C21H25N3O3S/c1-4-22-19(25)15-8-10-17(11-9-15)23-21(28)24-20(26)16-6-5-7-18(12-16)27-13-14(2)3/h5-12,14H,4,13H2,1-3H3,(H,22,25)(H2,23,24,26,28). The third-order valence-electron chi connectivity index (χ3n) is 3.65. The summed E-state index contributed by atoms with van der Waals surface area (Å²) in [5.74, 6) is 0.575. The molecular formula is C21H25N3O3S. The Balaban J connectivity index is 1.93. The average molecular weight is 400 g/mol. The lowest BCUT2D eigenvalue weighted by molar-refractivity contribution is 0.0953. The maximum Gasteiger partial charge on any atom is 0.257 e. The largest absolute Gasteiger partial charge is 0.493 e. The van der Waals surface area contributed by atoms with E-state index in [1.165, 1.54) is 0 Å². The Labute approximate surface area is 170 Å². The molecule has 6 nitrogen and oxygen atoms in total. The SMILES string of the molecule is CCNC(=O)c1ccc(NC(=S)NC(=O)c2cccc(OCC(C)C)c2)cc1. The Morgan fingerprint density at radius 3 is 2.39 bits per heavy atom. The lowest BCUT2D eigenvalue weighted by Gasteiger charge is -2.12. The normalized spacial score (nSPS) is 10.3. The molecule has 0 atom stereocenters. The van der Waals surface area contributed by atoms with Gasteiger partial charge in [0.2, 0.25) is 0 Å². The average Bonchev–Trinajstić information content (AvgIpc) is 2.67. The van der Waals surface area contributed by atoms with E-state index in [4.69, 9.17) is 17.0 Å². The van der Waals surface area contributed by atoms with Gasteiger partial charge in [0.1, 0.15) is 5.75 Å². The molecular weight excluding hydrogens is 374 g/mol. The maximum atomic E-state index is 12.4. The number of hydrogen-bond acceptors (Lipinski definition) is 4. The van der Waals surface area contributed by atoms with E-state index in [0.29, 0.717) is 41.6 Å². The van der Waals surface area contributed by atoms with Gasteiger partial charge in [-0.15, -0.1) is 0 Å². The Kier molecular flexibility index (Phi) is 7.95. The van der Waals surface area contributed by atoms with Crippen LogP contribution in [0.1, 0.15) is 41.5 Å². The highest BCUT2D eigenvalue weighted by molar-refractivity contribution is 7.80. The van der Waals surface area contributed by atoms with Crippen LogP contribution in [-0.2, 0) is 0 Å². The fourth-order valence-electron chi connectivity index (χ4n) is 2.30. The number of carbonyl (C=O) groups is 2. The van der Waals surface area contributed by atoms with Crippen LogP contribution >= 0.6 is 12.2 Å². The predicted molar refractivity (Wildman–Crippen MR) is 115 cm³/mol. The molecule has 2 aromatic carbocycles. The van der Waals surface area contributed by atoms with E-state index in [1.54, 1.807) is 42.5 Å². The summed E-state index contributed by atoms with van der Waals surface area (Å²) in [6, 6.07) is 13.8. The van der Waals surface area contributed by atoms with Gasteiger partial charge in [0.05, 0.1) is 6.61 Å². The van der Waals surface area contributed by atoms with Gasteiger partial charge in [-0.3, -0.25) is 14.9 Å². The van der Waals surface area contributed by atoms with Crippen molar-refractivity contribution in [2.75, 3.05) is 18.5 Å². The van der Waals surface area contributed by atoms with Crippen molar-refractivity contribution in [2.45, 2.75) is 20.8 Å². The van der Waals surface area contributed by atoms with Gasteiger partial charge < -0.3 is 15.4 Å².